The normalized spacial score (nSPS) is 20.4. The Hall–Kier alpha value is -1.06. The number of hydrogen-bond donors (Lipinski definition) is 1. The molecule has 0 aromatic heterocycles. The fourth-order valence-corrected chi connectivity index (χ4v) is 3.74. The standard InChI is InChI=1S/C16H21NO2.ClH/c18-15(19)6-10-17-11-8-16(9-12-17)7-5-13-3-1-2-4-14(13)16;/h1-4H,5-12H2,(H,18,19);1H. The predicted octanol–water partition coefficient (Wildman–Crippen LogP) is 2.86. The first-order valence-electron chi connectivity index (χ1n) is 7.22. The van der Waals surface area contributed by atoms with Gasteiger partial charge in [-0.05, 0) is 55.3 Å². The molecule has 1 aromatic rings. The van der Waals surface area contributed by atoms with Gasteiger partial charge in [-0.25, -0.2) is 0 Å². The fourth-order valence-electron chi connectivity index (χ4n) is 3.74. The number of fused-ring (bicyclic) bond motifs is 2. The van der Waals surface area contributed by atoms with Crippen molar-refractivity contribution in [2.45, 2.75) is 37.5 Å². The molecule has 1 aromatic carbocycles. The Morgan fingerprint density at radius 3 is 2.60 bits per heavy atom. The number of carboxylic acid groups (broad SMARTS) is 1. The van der Waals surface area contributed by atoms with Gasteiger partial charge in [0.15, 0.2) is 0 Å². The van der Waals surface area contributed by atoms with E-state index in [0.29, 0.717) is 12.0 Å². The number of hydrogen-bond acceptors (Lipinski definition) is 2. The second-order valence-corrected chi connectivity index (χ2v) is 5.92. The zero-order chi connectivity index (χ0) is 13.3. The average molecular weight is 296 g/mol. The molecule has 4 heteroatoms. The molecule has 0 radical (unpaired) electrons. The van der Waals surface area contributed by atoms with Gasteiger partial charge in [-0.3, -0.25) is 4.79 Å². The summed E-state index contributed by atoms with van der Waals surface area (Å²) in [5.41, 5.74) is 3.48. The molecule has 0 unspecified atom stereocenters. The van der Waals surface area contributed by atoms with Crippen LogP contribution in [0.3, 0.4) is 0 Å². The van der Waals surface area contributed by atoms with Gasteiger partial charge >= 0.3 is 5.97 Å². The maximum atomic E-state index is 10.6. The highest BCUT2D eigenvalue weighted by Gasteiger charge is 2.40. The zero-order valence-corrected chi connectivity index (χ0v) is 12.5. The summed E-state index contributed by atoms with van der Waals surface area (Å²) in [5, 5.41) is 8.75. The molecule has 110 valence electrons. The van der Waals surface area contributed by atoms with Gasteiger partial charge in [0.2, 0.25) is 0 Å². The van der Waals surface area contributed by atoms with E-state index in [0.717, 1.165) is 13.1 Å². The fraction of sp³-hybridized carbons (Fsp3) is 0.562. The minimum absolute atomic E-state index is 0. The number of nitrogens with zero attached hydrogens (tertiary/aromatic N) is 1. The molecule has 0 bridgehead atoms. The minimum Gasteiger partial charge on any atom is -0.481 e. The third-order valence-electron chi connectivity index (χ3n) is 4.92. The number of halogens is 1. The van der Waals surface area contributed by atoms with Crippen LogP contribution in [0.5, 0.6) is 0 Å². The molecule has 1 aliphatic heterocycles. The van der Waals surface area contributed by atoms with E-state index < -0.39 is 5.97 Å². The van der Waals surface area contributed by atoms with Crippen LogP contribution in [0.4, 0.5) is 0 Å². The van der Waals surface area contributed by atoms with Gasteiger partial charge in [0.1, 0.15) is 0 Å². The third-order valence-corrected chi connectivity index (χ3v) is 4.92. The topological polar surface area (TPSA) is 40.5 Å². The van der Waals surface area contributed by atoms with E-state index in [9.17, 15) is 4.79 Å². The Kier molecular flexibility index (Phi) is 4.71. The quantitative estimate of drug-likeness (QED) is 0.932. The molecule has 1 spiro atoms. The maximum absolute atomic E-state index is 10.6. The van der Waals surface area contributed by atoms with E-state index in [1.54, 1.807) is 5.56 Å². The van der Waals surface area contributed by atoms with Gasteiger partial charge in [-0.2, -0.15) is 0 Å². The third kappa shape index (κ3) is 2.84. The first-order valence-corrected chi connectivity index (χ1v) is 7.22. The number of piperidine rings is 1. The van der Waals surface area contributed by atoms with E-state index in [2.05, 4.69) is 29.2 Å². The van der Waals surface area contributed by atoms with Crippen molar-refractivity contribution in [3.05, 3.63) is 35.4 Å². The van der Waals surface area contributed by atoms with E-state index in [1.165, 1.54) is 31.2 Å². The summed E-state index contributed by atoms with van der Waals surface area (Å²) in [6, 6.07) is 8.86. The Bertz CT molecular complexity index is 481. The Morgan fingerprint density at radius 2 is 1.90 bits per heavy atom. The molecule has 0 saturated carbocycles. The van der Waals surface area contributed by atoms with E-state index in [-0.39, 0.29) is 18.8 Å². The second kappa shape index (κ2) is 6.15. The van der Waals surface area contributed by atoms with Gasteiger partial charge in [-0.1, -0.05) is 24.3 Å². The van der Waals surface area contributed by atoms with Crippen molar-refractivity contribution < 1.29 is 9.90 Å². The monoisotopic (exact) mass is 295 g/mol. The number of carbonyl (C=O) groups is 1. The minimum atomic E-state index is -0.688. The Balaban J connectivity index is 0.00000147. The molecule has 0 amide bonds. The summed E-state index contributed by atoms with van der Waals surface area (Å²) in [6.07, 6.45) is 5.13. The van der Waals surface area contributed by atoms with Crippen molar-refractivity contribution in [2.75, 3.05) is 19.6 Å². The lowest BCUT2D eigenvalue weighted by Crippen LogP contribution is -2.42. The summed E-state index contributed by atoms with van der Waals surface area (Å²) in [4.78, 5) is 12.9. The number of likely N-dealkylation sites (tertiary alicyclic amines) is 1. The van der Waals surface area contributed by atoms with Crippen molar-refractivity contribution in [1.82, 2.24) is 4.90 Å². The number of aryl methyl sites for hydroxylation is 1. The van der Waals surface area contributed by atoms with Crippen LogP contribution >= 0.6 is 12.4 Å². The van der Waals surface area contributed by atoms with Crippen LogP contribution < -0.4 is 0 Å². The van der Waals surface area contributed by atoms with E-state index in [1.807, 2.05) is 0 Å². The number of benzene rings is 1. The summed E-state index contributed by atoms with van der Waals surface area (Å²) >= 11 is 0. The summed E-state index contributed by atoms with van der Waals surface area (Å²) in [5.74, 6) is -0.688. The molecular formula is C16H22ClNO2. The van der Waals surface area contributed by atoms with Crippen LogP contribution in [-0.4, -0.2) is 35.6 Å². The molecule has 20 heavy (non-hydrogen) atoms. The highest BCUT2D eigenvalue weighted by molar-refractivity contribution is 5.85. The lowest BCUT2D eigenvalue weighted by Gasteiger charge is -2.40. The van der Waals surface area contributed by atoms with Gasteiger partial charge in [0.25, 0.3) is 0 Å². The highest BCUT2D eigenvalue weighted by Crippen LogP contribution is 2.45. The van der Waals surface area contributed by atoms with Crippen LogP contribution in [0.1, 0.15) is 36.8 Å². The predicted molar refractivity (Wildman–Crippen MR) is 81.6 cm³/mol. The van der Waals surface area contributed by atoms with Crippen molar-refractivity contribution >= 4 is 18.4 Å². The van der Waals surface area contributed by atoms with E-state index >= 15 is 0 Å². The van der Waals surface area contributed by atoms with Gasteiger partial charge in [0, 0.05) is 6.54 Å². The second-order valence-electron chi connectivity index (χ2n) is 5.92. The first-order chi connectivity index (χ1) is 9.20. The first kappa shape index (κ1) is 15.3. The highest BCUT2D eigenvalue weighted by atomic mass is 35.5. The molecule has 1 heterocycles. The SMILES string of the molecule is Cl.O=C(O)CCN1CCC2(CCc3ccccc32)CC1. The lowest BCUT2D eigenvalue weighted by molar-refractivity contribution is -0.137. The lowest BCUT2D eigenvalue weighted by atomic mass is 9.74. The van der Waals surface area contributed by atoms with Gasteiger partial charge in [0.05, 0.1) is 6.42 Å². The molecule has 1 saturated heterocycles. The number of carboxylic acids is 1. The van der Waals surface area contributed by atoms with Gasteiger partial charge < -0.3 is 10.0 Å². The maximum Gasteiger partial charge on any atom is 0.304 e. The van der Waals surface area contributed by atoms with Crippen LogP contribution in [0.15, 0.2) is 24.3 Å². The smallest absolute Gasteiger partial charge is 0.304 e. The number of rotatable bonds is 3. The molecule has 0 atom stereocenters. The van der Waals surface area contributed by atoms with Gasteiger partial charge in [-0.15, -0.1) is 12.4 Å². The molecule has 1 N–H and O–H groups in total. The molecule has 3 rings (SSSR count). The van der Waals surface area contributed by atoms with Crippen LogP contribution in [-0.2, 0) is 16.6 Å². The van der Waals surface area contributed by atoms with Crippen molar-refractivity contribution in [2.24, 2.45) is 0 Å². The summed E-state index contributed by atoms with van der Waals surface area (Å²) in [7, 11) is 0. The van der Waals surface area contributed by atoms with E-state index in [4.69, 9.17) is 5.11 Å². The Morgan fingerprint density at radius 1 is 1.20 bits per heavy atom. The largest absolute Gasteiger partial charge is 0.481 e. The summed E-state index contributed by atoms with van der Waals surface area (Å²) < 4.78 is 0. The average Bonchev–Trinajstić information content (AvgIpc) is 2.78. The zero-order valence-electron chi connectivity index (χ0n) is 11.7. The molecule has 3 nitrogen and oxygen atoms in total. The summed E-state index contributed by atoms with van der Waals surface area (Å²) in [6.45, 7) is 2.79. The molecule has 2 aliphatic rings. The van der Waals surface area contributed by atoms with Crippen molar-refractivity contribution in [1.29, 1.82) is 0 Å². The molecular weight excluding hydrogens is 274 g/mol. The molecule has 1 fully saturated rings. The number of aliphatic carboxylic acids is 1. The van der Waals surface area contributed by atoms with Crippen molar-refractivity contribution in [3.63, 3.8) is 0 Å². The molecule has 1 aliphatic carbocycles. The van der Waals surface area contributed by atoms with Crippen LogP contribution in [0.25, 0.3) is 0 Å². The van der Waals surface area contributed by atoms with Crippen molar-refractivity contribution in [3.8, 4) is 0 Å². The van der Waals surface area contributed by atoms with Crippen LogP contribution in [0, 0.1) is 0 Å². The van der Waals surface area contributed by atoms with Crippen LogP contribution in [0.2, 0.25) is 0 Å². The Labute approximate surface area is 126 Å².